The van der Waals surface area contributed by atoms with E-state index in [0.717, 1.165) is 19.6 Å². The van der Waals surface area contributed by atoms with Gasteiger partial charge in [-0.25, -0.2) is 0 Å². The zero-order valence-electron chi connectivity index (χ0n) is 11.9. The number of benzene rings is 1. The maximum atomic E-state index is 11.8. The van der Waals surface area contributed by atoms with Crippen molar-refractivity contribution in [3.63, 3.8) is 0 Å². The zero-order valence-corrected chi connectivity index (χ0v) is 12.6. The summed E-state index contributed by atoms with van der Waals surface area (Å²) >= 11 is 5.90. The zero-order chi connectivity index (χ0) is 14.8. The Balaban J connectivity index is 2.33. The minimum Gasteiger partial charge on any atom is -0.495 e. The molecule has 0 heterocycles. The van der Waals surface area contributed by atoms with Gasteiger partial charge in [0, 0.05) is 31.7 Å². The number of amides is 1. The predicted molar refractivity (Wildman–Crippen MR) is 80.6 cm³/mol. The number of carbonyl (C=O) groups is 1. The third-order valence-electron chi connectivity index (χ3n) is 2.67. The molecule has 2 N–H and O–H groups in total. The molecule has 0 atom stereocenters. The molecule has 1 aromatic rings. The van der Waals surface area contributed by atoms with Crippen molar-refractivity contribution in [2.24, 2.45) is 0 Å². The average molecular weight is 301 g/mol. The molecule has 0 saturated carbocycles. The lowest BCUT2D eigenvalue weighted by Gasteiger charge is -2.10. The molecule has 1 aromatic carbocycles. The van der Waals surface area contributed by atoms with Gasteiger partial charge in [0.05, 0.1) is 12.8 Å². The number of carbonyl (C=O) groups excluding carboxylic acids is 1. The van der Waals surface area contributed by atoms with Crippen LogP contribution in [0.25, 0.3) is 0 Å². The first-order valence-corrected chi connectivity index (χ1v) is 6.88. The summed E-state index contributed by atoms with van der Waals surface area (Å²) in [6.07, 6.45) is 1.32. The highest BCUT2D eigenvalue weighted by atomic mass is 35.5. The van der Waals surface area contributed by atoms with Gasteiger partial charge in [-0.1, -0.05) is 11.6 Å². The molecule has 0 fully saturated rings. The highest BCUT2D eigenvalue weighted by molar-refractivity contribution is 6.31. The summed E-state index contributed by atoms with van der Waals surface area (Å²) in [4.78, 5) is 11.8. The lowest BCUT2D eigenvalue weighted by Crippen LogP contribution is -2.23. The fourth-order valence-electron chi connectivity index (χ4n) is 1.66. The highest BCUT2D eigenvalue weighted by Crippen LogP contribution is 2.27. The van der Waals surface area contributed by atoms with Gasteiger partial charge in [-0.3, -0.25) is 4.79 Å². The normalized spacial score (nSPS) is 10.3. The third kappa shape index (κ3) is 6.23. The second-order valence-corrected chi connectivity index (χ2v) is 4.68. The van der Waals surface area contributed by atoms with E-state index in [1.54, 1.807) is 32.4 Å². The summed E-state index contributed by atoms with van der Waals surface area (Å²) in [6.45, 7) is 2.18. The van der Waals surface area contributed by atoms with Crippen molar-refractivity contribution in [1.29, 1.82) is 0 Å². The molecule has 0 aliphatic rings. The first-order valence-electron chi connectivity index (χ1n) is 6.50. The number of nitrogens with one attached hydrogen (secondary N) is 2. The van der Waals surface area contributed by atoms with Crippen molar-refractivity contribution in [3.05, 3.63) is 23.2 Å². The van der Waals surface area contributed by atoms with Crippen LogP contribution in [0.4, 0.5) is 5.69 Å². The molecule has 0 spiro atoms. The molecule has 112 valence electrons. The van der Waals surface area contributed by atoms with Gasteiger partial charge in [0.25, 0.3) is 0 Å². The van der Waals surface area contributed by atoms with Crippen LogP contribution in [-0.4, -0.2) is 39.8 Å². The molecule has 1 rings (SSSR count). The Morgan fingerprint density at radius 1 is 1.30 bits per heavy atom. The van der Waals surface area contributed by atoms with Crippen LogP contribution in [0.1, 0.15) is 12.8 Å². The molecule has 0 aromatic heterocycles. The van der Waals surface area contributed by atoms with Crippen LogP contribution in [0.3, 0.4) is 0 Å². The molecule has 6 heteroatoms. The Kier molecular flexibility index (Phi) is 8.02. The Morgan fingerprint density at radius 2 is 2.10 bits per heavy atom. The second-order valence-electron chi connectivity index (χ2n) is 4.24. The minimum atomic E-state index is -0.0789. The van der Waals surface area contributed by atoms with Crippen molar-refractivity contribution < 1.29 is 14.3 Å². The van der Waals surface area contributed by atoms with Crippen molar-refractivity contribution in [1.82, 2.24) is 5.32 Å². The van der Waals surface area contributed by atoms with Crippen molar-refractivity contribution in [2.75, 3.05) is 39.2 Å². The van der Waals surface area contributed by atoms with Gasteiger partial charge in [-0.05, 0) is 31.2 Å². The number of hydrogen-bond acceptors (Lipinski definition) is 4. The largest absolute Gasteiger partial charge is 0.495 e. The summed E-state index contributed by atoms with van der Waals surface area (Å²) < 4.78 is 10.1. The topological polar surface area (TPSA) is 59.6 Å². The standard InChI is InChI=1S/C14H21ClN2O3/c1-19-9-3-7-16-8-6-14(18)17-12-10-11(15)4-5-13(12)20-2/h4-5,10,16H,3,6-9H2,1-2H3,(H,17,18). The maximum absolute atomic E-state index is 11.8. The van der Waals surface area contributed by atoms with Crippen molar-refractivity contribution >= 4 is 23.2 Å². The van der Waals surface area contributed by atoms with Crippen LogP contribution < -0.4 is 15.4 Å². The van der Waals surface area contributed by atoms with Gasteiger partial charge in [-0.2, -0.15) is 0 Å². The van der Waals surface area contributed by atoms with Gasteiger partial charge >= 0.3 is 0 Å². The number of hydrogen-bond donors (Lipinski definition) is 2. The summed E-state index contributed by atoms with van der Waals surface area (Å²) in [5, 5.41) is 6.52. The van der Waals surface area contributed by atoms with Gasteiger partial charge in [0.1, 0.15) is 5.75 Å². The first kappa shape index (κ1) is 16.8. The van der Waals surface area contributed by atoms with E-state index in [1.807, 2.05) is 0 Å². The molecular formula is C14H21ClN2O3. The van der Waals surface area contributed by atoms with E-state index in [1.165, 1.54) is 0 Å². The molecule has 20 heavy (non-hydrogen) atoms. The summed E-state index contributed by atoms with van der Waals surface area (Å²) in [5.74, 6) is 0.514. The van der Waals surface area contributed by atoms with Crippen LogP contribution in [-0.2, 0) is 9.53 Å². The average Bonchev–Trinajstić information content (AvgIpc) is 2.43. The molecule has 0 unspecified atom stereocenters. The lowest BCUT2D eigenvalue weighted by molar-refractivity contribution is -0.116. The van der Waals surface area contributed by atoms with E-state index in [9.17, 15) is 4.79 Å². The van der Waals surface area contributed by atoms with Gasteiger partial charge < -0.3 is 20.1 Å². The fraction of sp³-hybridized carbons (Fsp3) is 0.500. The predicted octanol–water partition coefficient (Wildman–Crippen LogP) is 2.30. The van der Waals surface area contributed by atoms with E-state index >= 15 is 0 Å². The van der Waals surface area contributed by atoms with Crippen LogP contribution in [0.5, 0.6) is 5.75 Å². The van der Waals surface area contributed by atoms with Crippen LogP contribution >= 0.6 is 11.6 Å². The Bertz CT molecular complexity index is 427. The molecule has 0 aliphatic carbocycles. The van der Waals surface area contributed by atoms with Gasteiger partial charge in [0.2, 0.25) is 5.91 Å². The summed E-state index contributed by atoms with van der Waals surface area (Å²) in [5.41, 5.74) is 0.587. The number of halogens is 1. The van der Waals surface area contributed by atoms with Gasteiger partial charge in [0.15, 0.2) is 0 Å². The van der Waals surface area contributed by atoms with E-state index < -0.39 is 0 Å². The number of ether oxygens (including phenoxy) is 2. The van der Waals surface area contributed by atoms with Crippen molar-refractivity contribution in [2.45, 2.75) is 12.8 Å². The molecule has 1 amide bonds. The number of methoxy groups -OCH3 is 2. The van der Waals surface area contributed by atoms with E-state index in [4.69, 9.17) is 21.1 Å². The maximum Gasteiger partial charge on any atom is 0.225 e. The summed E-state index contributed by atoms with van der Waals surface area (Å²) in [7, 11) is 3.22. The fourth-order valence-corrected chi connectivity index (χ4v) is 1.83. The number of rotatable bonds is 9. The third-order valence-corrected chi connectivity index (χ3v) is 2.90. The molecule has 0 radical (unpaired) electrons. The van der Waals surface area contributed by atoms with Crippen LogP contribution in [0.15, 0.2) is 18.2 Å². The molecular weight excluding hydrogens is 280 g/mol. The quantitative estimate of drug-likeness (QED) is 0.687. The molecule has 0 aliphatic heterocycles. The monoisotopic (exact) mass is 300 g/mol. The van der Waals surface area contributed by atoms with E-state index in [0.29, 0.717) is 29.4 Å². The molecule has 0 bridgehead atoms. The molecule has 5 nitrogen and oxygen atoms in total. The minimum absolute atomic E-state index is 0.0789. The summed E-state index contributed by atoms with van der Waals surface area (Å²) in [6, 6.07) is 5.11. The number of anilines is 1. The molecule has 0 saturated heterocycles. The van der Waals surface area contributed by atoms with E-state index in [-0.39, 0.29) is 5.91 Å². The van der Waals surface area contributed by atoms with Gasteiger partial charge in [-0.15, -0.1) is 0 Å². The lowest BCUT2D eigenvalue weighted by atomic mass is 10.2. The first-order chi connectivity index (χ1) is 9.67. The SMILES string of the molecule is COCCCNCCC(=O)Nc1cc(Cl)ccc1OC. The Morgan fingerprint density at radius 3 is 2.80 bits per heavy atom. The highest BCUT2D eigenvalue weighted by Gasteiger charge is 2.07. The second kappa shape index (κ2) is 9.58. The van der Waals surface area contributed by atoms with Crippen LogP contribution in [0, 0.1) is 0 Å². The Hall–Kier alpha value is -1.30. The Labute approximate surface area is 124 Å². The smallest absolute Gasteiger partial charge is 0.225 e. The van der Waals surface area contributed by atoms with Crippen molar-refractivity contribution in [3.8, 4) is 5.75 Å². The van der Waals surface area contributed by atoms with E-state index in [2.05, 4.69) is 10.6 Å². The van der Waals surface area contributed by atoms with Crippen LogP contribution in [0.2, 0.25) is 5.02 Å².